The molecule has 6 nitrogen and oxygen atoms in total. The molecule has 0 saturated heterocycles. The number of benzene rings is 1. The van der Waals surface area contributed by atoms with Crippen molar-refractivity contribution in [2.24, 2.45) is 12.0 Å². The number of methoxy groups -OCH3 is 1. The summed E-state index contributed by atoms with van der Waals surface area (Å²) in [5, 5.41) is 7.57. The Morgan fingerprint density at radius 1 is 1.15 bits per heavy atom. The Morgan fingerprint density at radius 2 is 1.85 bits per heavy atom. The number of hydrogen-bond acceptors (Lipinski definition) is 3. The van der Waals surface area contributed by atoms with Crippen LogP contribution in [0.2, 0.25) is 10.2 Å². The number of nitrogens with zero attached hydrogens (tertiary/aromatic N) is 2. The molecule has 0 spiro atoms. The van der Waals surface area contributed by atoms with Gasteiger partial charge in [0, 0.05) is 26.3 Å². The van der Waals surface area contributed by atoms with Crippen LogP contribution in [0.3, 0.4) is 0 Å². The highest BCUT2D eigenvalue weighted by Gasteiger charge is 2.10. The highest BCUT2D eigenvalue weighted by molar-refractivity contribution is 14.0. The number of aromatic nitrogens is 1. The molecule has 2 aromatic rings. The standard InChI is InChI=1S/C18H24Cl2N4O2.HI/c1-5-26-15-7-6-12(8-16(15)25-4)10-22-18(21-2)23-11-13-9-14(19)17(20)24(13)3;/h6-9H,5,10-11H2,1-4H3,(H2,21,22,23);1H. The number of ether oxygens (including phenoxy) is 2. The lowest BCUT2D eigenvalue weighted by Crippen LogP contribution is -2.36. The van der Waals surface area contributed by atoms with Crippen LogP contribution in [-0.2, 0) is 20.1 Å². The van der Waals surface area contributed by atoms with Crippen molar-refractivity contribution in [1.29, 1.82) is 0 Å². The number of hydrogen-bond donors (Lipinski definition) is 2. The van der Waals surface area contributed by atoms with Gasteiger partial charge < -0.3 is 24.7 Å². The molecule has 1 aromatic carbocycles. The van der Waals surface area contributed by atoms with E-state index in [1.807, 2.05) is 42.8 Å². The third kappa shape index (κ3) is 6.36. The van der Waals surface area contributed by atoms with Gasteiger partial charge in [-0.3, -0.25) is 4.99 Å². The maximum absolute atomic E-state index is 6.09. The van der Waals surface area contributed by atoms with Crippen molar-refractivity contribution >= 4 is 53.1 Å². The van der Waals surface area contributed by atoms with Gasteiger partial charge in [0.25, 0.3) is 0 Å². The molecule has 0 aliphatic rings. The Hall–Kier alpha value is -1.32. The second-order valence-corrected chi connectivity index (χ2v) is 6.30. The first-order valence-corrected chi connectivity index (χ1v) is 8.99. The van der Waals surface area contributed by atoms with Crippen LogP contribution in [0.5, 0.6) is 11.5 Å². The molecule has 0 atom stereocenters. The van der Waals surface area contributed by atoms with E-state index in [4.69, 9.17) is 32.7 Å². The first kappa shape index (κ1) is 23.7. The van der Waals surface area contributed by atoms with Crippen molar-refractivity contribution in [3.8, 4) is 11.5 Å². The summed E-state index contributed by atoms with van der Waals surface area (Å²) in [6.07, 6.45) is 0. The highest BCUT2D eigenvalue weighted by atomic mass is 127. The van der Waals surface area contributed by atoms with Crippen LogP contribution in [0.4, 0.5) is 0 Å². The van der Waals surface area contributed by atoms with Gasteiger partial charge in [0.2, 0.25) is 0 Å². The SMILES string of the molecule is CCOc1ccc(CNC(=NC)NCc2cc(Cl)c(Cl)n2C)cc1OC.I. The predicted octanol–water partition coefficient (Wildman–Crippen LogP) is 4.22. The summed E-state index contributed by atoms with van der Waals surface area (Å²) in [5.41, 5.74) is 2.02. The monoisotopic (exact) mass is 526 g/mol. The molecular weight excluding hydrogens is 502 g/mol. The van der Waals surface area contributed by atoms with E-state index in [2.05, 4.69) is 15.6 Å². The van der Waals surface area contributed by atoms with E-state index in [-0.39, 0.29) is 24.0 Å². The molecule has 0 fully saturated rings. The molecule has 150 valence electrons. The van der Waals surface area contributed by atoms with E-state index in [0.717, 1.165) is 17.0 Å². The van der Waals surface area contributed by atoms with E-state index in [1.165, 1.54) is 0 Å². The van der Waals surface area contributed by atoms with Gasteiger partial charge in [-0.05, 0) is 30.7 Å². The Labute approximate surface area is 187 Å². The number of aliphatic imine (C=N–C) groups is 1. The van der Waals surface area contributed by atoms with Crippen molar-refractivity contribution < 1.29 is 9.47 Å². The molecule has 0 aliphatic carbocycles. The molecule has 2 N–H and O–H groups in total. The van der Waals surface area contributed by atoms with Gasteiger partial charge in [-0.1, -0.05) is 29.3 Å². The topological polar surface area (TPSA) is 59.8 Å². The normalized spacial score (nSPS) is 11.0. The van der Waals surface area contributed by atoms with Crippen LogP contribution in [0.1, 0.15) is 18.2 Å². The van der Waals surface area contributed by atoms with Crippen LogP contribution < -0.4 is 20.1 Å². The molecular formula is C18H25Cl2IN4O2. The van der Waals surface area contributed by atoms with Crippen molar-refractivity contribution in [1.82, 2.24) is 15.2 Å². The molecule has 9 heteroatoms. The van der Waals surface area contributed by atoms with Crippen molar-refractivity contribution in [3.63, 3.8) is 0 Å². The van der Waals surface area contributed by atoms with Crippen LogP contribution >= 0.6 is 47.2 Å². The molecule has 2 rings (SSSR count). The summed E-state index contributed by atoms with van der Waals surface area (Å²) in [5.74, 6) is 2.12. The Bertz CT molecular complexity index is 781. The van der Waals surface area contributed by atoms with Crippen molar-refractivity contribution in [2.75, 3.05) is 20.8 Å². The first-order valence-electron chi connectivity index (χ1n) is 8.24. The van der Waals surface area contributed by atoms with Gasteiger partial charge in [0.1, 0.15) is 5.15 Å². The minimum absolute atomic E-state index is 0. The maximum atomic E-state index is 6.09. The third-order valence-electron chi connectivity index (χ3n) is 3.86. The zero-order valence-corrected chi connectivity index (χ0v) is 19.6. The zero-order valence-electron chi connectivity index (χ0n) is 15.8. The Kier molecular flexibility index (Phi) is 10.1. The van der Waals surface area contributed by atoms with E-state index in [1.54, 1.807) is 14.2 Å². The maximum Gasteiger partial charge on any atom is 0.191 e. The van der Waals surface area contributed by atoms with Gasteiger partial charge in [0.15, 0.2) is 17.5 Å². The quantitative estimate of drug-likeness (QED) is 0.322. The molecule has 0 radical (unpaired) electrons. The lowest BCUT2D eigenvalue weighted by atomic mass is 10.2. The fourth-order valence-corrected chi connectivity index (χ4v) is 2.85. The Morgan fingerprint density at radius 3 is 2.41 bits per heavy atom. The van der Waals surface area contributed by atoms with Gasteiger partial charge in [-0.2, -0.15) is 0 Å². The van der Waals surface area contributed by atoms with Crippen LogP contribution in [0.15, 0.2) is 29.3 Å². The summed E-state index contributed by atoms with van der Waals surface area (Å²) in [7, 11) is 5.22. The first-order chi connectivity index (χ1) is 12.5. The Balaban J connectivity index is 0.00000364. The van der Waals surface area contributed by atoms with Crippen LogP contribution in [0.25, 0.3) is 0 Å². The summed E-state index contributed by atoms with van der Waals surface area (Å²) in [6, 6.07) is 7.68. The van der Waals surface area contributed by atoms with Gasteiger partial charge >= 0.3 is 0 Å². The largest absolute Gasteiger partial charge is 0.493 e. The molecule has 0 unspecified atom stereocenters. The predicted molar refractivity (Wildman–Crippen MR) is 122 cm³/mol. The lowest BCUT2D eigenvalue weighted by molar-refractivity contribution is 0.310. The summed E-state index contributed by atoms with van der Waals surface area (Å²) in [6.45, 7) is 3.68. The fourth-order valence-electron chi connectivity index (χ4n) is 2.44. The number of nitrogens with one attached hydrogen (secondary N) is 2. The minimum atomic E-state index is 0. The molecule has 27 heavy (non-hydrogen) atoms. The lowest BCUT2D eigenvalue weighted by Gasteiger charge is -2.14. The van der Waals surface area contributed by atoms with Crippen molar-refractivity contribution in [3.05, 3.63) is 45.7 Å². The van der Waals surface area contributed by atoms with Gasteiger partial charge in [-0.15, -0.1) is 24.0 Å². The highest BCUT2D eigenvalue weighted by Crippen LogP contribution is 2.28. The third-order valence-corrected chi connectivity index (χ3v) is 4.71. The number of rotatable bonds is 7. The summed E-state index contributed by atoms with van der Waals surface area (Å²) in [4.78, 5) is 4.23. The van der Waals surface area contributed by atoms with E-state index < -0.39 is 0 Å². The van der Waals surface area contributed by atoms with Crippen LogP contribution in [-0.4, -0.2) is 31.3 Å². The molecule has 1 heterocycles. The number of halogens is 3. The van der Waals surface area contributed by atoms with Gasteiger partial charge in [0.05, 0.1) is 25.3 Å². The van der Waals surface area contributed by atoms with Gasteiger partial charge in [-0.25, -0.2) is 0 Å². The average Bonchev–Trinajstić information content (AvgIpc) is 2.89. The fraction of sp³-hybridized carbons (Fsp3) is 0.389. The van der Waals surface area contributed by atoms with E-state index in [9.17, 15) is 0 Å². The molecule has 0 bridgehead atoms. The van der Waals surface area contributed by atoms with Crippen molar-refractivity contribution in [2.45, 2.75) is 20.0 Å². The van der Waals surface area contributed by atoms with E-state index >= 15 is 0 Å². The minimum Gasteiger partial charge on any atom is -0.493 e. The molecule has 0 amide bonds. The second-order valence-electron chi connectivity index (χ2n) is 5.53. The zero-order chi connectivity index (χ0) is 19.1. The second kappa shape index (κ2) is 11.5. The summed E-state index contributed by atoms with van der Waals surface area (Å²) >= 11 is 12.1. The summed E-state index contributed by atoms with van der Waals surface area (Å²) < 4.78 is 12.7. The average molecular weight is 527 g/mol. The van der Waals surface area contributed by atoms with Crippen LogP contribution in [0, 0.1) is 0 Å². The molecule has 0 saturated carbocycles. The van der Waals surface area contributed by atoms with E-state index in [0.29, 0.717) is 41.6 Å². The smallest absolute Gasteiger partial charge is 0.191 e. The molecule has 1 aromatic heterocycles. The molecule has 0 aliphatic heterocycles. The number of guanidine groups is 1.